The van der Waals surface area contributed by atoms with Crippen LogP contribution in [0, 0.1) is 0 Å². The van der Waals surface area contributed by atoms with Crippen LogP contribution in [0.2, 0.25) is 5.02 Å². The fraction of sp³-hybridized carbons (Fsp3) is 0.158. The molecule has 1 aliphatic rings. The third-order valence-electron chi connectivity index (χ3n) is 3.63. The average molecular weight is 389 g/mol. The van der Waals surface area contributed by atoms with E-state index in [1.165, 1.54) is 16.7 Å². The molecule has 2 aromatic carbocycles. The van der Waals surface area contributed by atoms with Gasteiger partial charge in [-0.1, -0.05) is 29.8 Å². The van der Waals surface area contributed by atoms with Crippen LogP contribution in [0.3, 0.4) is 0 Å². The van der Waals surface area contributed by atoms with E-state index >= 15 is 0 Å². The zero-order chi connectivity index (χ0) is 18.7. The standard InChI is InChI=1S/C19H17ClN2O3S/c1-3-25-15-10-12(9-14(20)17(15)23)11-16-18(24)22(2)19(26-16)21-13-7-5-4-6-8-13/h4-11,23H,3H2,1-2H3/b16-11+,21-19?. The number of halogens is 1. The van der Waals surface area contributed by atoms with E-state index in [4.69, 9.17) is 16.3 Å². The fourth-order valence-electron chi connectivity index (χ4n) is 2.36. The van der Waals surface area contributed by atoms with E-state index in [2.05, 4.69) is 4.99 Å². The summed E-state index contributed by atoms with van der Waals surface area (Å²) in [4.78, 5) is 19.1. The number of phenolic OH excluding ortho intramolecular Hbond substituents is 1. The summed E-state index contributed by atoms with van der Waals surface area (Å²) in [6.45, 7) is 2.21. The van der Waals surface area contributed by atoms with Crippen molar-refractivity contribution in [1.82, 2.24) is 4.90 Å². The van der Waals surface area contributed by atoms with E-state index in [1.807, 2.05) is 37.3 Å². The molecule has 0 bridgehead atoms. The fourth-order valence-corrected chi connectivity index (χ4v) is 3.56. The summed E-state index contributed by atoms with van der Waals surface area (Å²) < 4.78 is 5.38. The van der Waals surface area contributed by atoms with Crippen LogP contribution in [0.5, 0.6) is 11.5 Å². The number of amidine groups is 1. The predicted octanol–water partition coefficient (Wildman–Crippen LogP) is 4.68. The number of phenols is 1. The molecule has 1 aliphatic heterocycles. The highest BCUT2D eigenvalue weighted by Crippen LogP contribution is 2.38. The van der Waals surface area contributed by atoms with E-state index in [9.17, 15) is 9.90 Å². The first-order valence-electron chi connectivity index (χ1n) is 7.96. The van der Waals surface area contributed by atoms with Gasteiger partial charge in [-0.2, -0.15) is 0 Å². The first-order chi connectivity index (χ1) is 12.5. The van der Waals surface area contributed by atoms with E-state index in [0.717, 1.165) is 5.69 Å². The van der Waals surface area contributed by atoms with E-state index < -0.39 is 0 Å². The summed E-state index contributed by atoms with van der Waals surface area (Å²) in [5.41, 5.74) is 1.45. The molecule has 26 heavy (non-hydrogen) atoms. The van der Waals surface area contributed by atoms with Crippen molar-refractivity contribution >= 4 is 46.2 Å². The van der Waals surface area contributed by atoms with Gasteiger partial charge in [0, 0.05) is 7.05 Å². The molecule has 0 unspecified atom stereocenters. The largest absolute Gasteiger partial charge is 0.503 e. The lowest BCUT2D eigenvalue weighted by atomic mass is 10.2. The van der Waals surface area contributed by atoms with Crippen molar-refractivity contribution in [2.75, 3.05) is 13.7 Å². The SMILES string of the molecule is CCOc1cc(/C=C2/SC(=Nc3ccccc3)N(C)C2=O)cc(Cl)c1O. The number of carbonyl (C=O) groups is 1. The molecule has 0 saturated carbocycles. The molecule has 134 valence electrons. The van der Waals surface area contributed by atoms with Crippen molar-refractivity contribution in [3.8, 4) is 11.5 Å². The van der Waals surface area contributed by atoms with Crippen LogP contribution in [-0.2, 0) is 4.79 Å². The number of aliphatic imine (C=N–C) groups is 1. The van der Waals surface area contributed by atoms with Gasteiger partial charge >= 0.3 is 0 Å². The maximum atomic E-state index is 12.5. The van der Waals surface area contributed by atoms with Crippen LogP contribution in [-0.4, -0.2) is 34.7 Å². The summed E-state index contributed by atoms with van der Waals surface area (Å²) in [5.74, 6) is 0.0326. The van der Waals surface area contributed by atoms with Crippen LogP contribution in [0.1, 0.15) is 12.5 Å². The molecule has 0 radical (unpaired) electrons. The number of likely N-dealkylation sites (N-methyl/N-ethyl adjacent to an activating group) is 1. The predicted molar refractivity (Wildman–Crippen MR) is 106 cm³/mol. The number of nitrogens with zero attached hydrogens (tertiary/aromatic N) is 2. The van der Waals surface area contributed by atoms with Gasteiger partial charge in [0.25, 0.3) is 5.91 Å². The van der Waals surface area contributed by atoms with Crippen molar-refractivity contribution in [3.05, 3.63) is 58.0 Å². The number of hydrogen-bond donors (Lipinski definition) is 1. The Labute approximate surface area is 160 Å². The van der Waals surface area contributed by atoms with E-state index in [0.29, 0.717) is 22.2 Å². The lowest BCUT2D eigenvalue weighted by molar-refractivity contribution is -0.121. The molecule has 1 saturated heterocycles. The minimum Gasteiger partial charge on any atom is -0.503 e. The molecule has 0 aromatic heterocycles. The Morgan fingerprint density at radius 3 is 2.73 bits per heavy atom. The third-order valence-corrected chi connectivity index (χ3v) is 4.98. The van der Waals surface area contributed by atoms with Crippen molar-refractivity contribution in [1.29, 1.82) is 0 Å². The third kappa shape index (κ3) is 3.86. The van der Waals surface area contributed by atoms with Crippen LogP contribution in [0.25, 0.3) is 6.08 Å². The zero-order valence-corrected chi connectivity index (χ0v) is 15.8. The van der Waals surface area contributed by atoms with Gasteiger partial charge in [0.2, 0.25) is 0 Å². The number of para-hydroxylation sites is 1. The van der Waals surface area contributed by atoms with Gasteiger partial charge in [-0.05, 0) is 54.6 Å². The minimum atomic E-state index is -0.146. The van der Waals surface area contributed by atoms with Crippen LogP contribution >= 0.6 is 23.4 Å². The van der Waals surface area contributed by atoms with Gasteiger partial charge in [-0.3, -0.25) is 9.69 Å². The molecule has 1 amide bonds. The number of aromatic hydroxyl groups is 1. The monoisotopic (exact) mass is 388 g/mol. The first-order valence-corrected chi connectivity index (χ1v) is 9.15. The van der Waals surface area contributed by atoms with Crippen molar-refractivity contribution in [3.63, 3.8) is 0 Å². The molecule has 0 spiro atoms. The van der Waals surface area contributed by atoms with Crippen molar-refractivity contribution in [2.24, 2.45) is 4.99 Å². The molecular formula is C19H17ClN2O3S. The zero-order valence-electron chi connectivity index (χ0n) is 14.3. The Kier molecular flexibility index (Phi) is 5.54. The molecule has 3 rings (SSSR count). The number of thioether (sulfide) groups is 1. The second-order valence-electron chi connectivity index (χ2n) is 5.49. The topological polar surface area (TPSA) is 62.1 Å². The molecule has 2 aromatic rings. The highest BCUT2D eigenvalue weighted by atomic mass is 35.5. The molecule has 0 aliphatic carbocycles. The number of ether oxygens (including phenoxy) is 1. The number of benzene rings is 2. The normalized spacial score (nSPS) is 17.3. The van der Waals surface area contributed by atoms with E-state index in [1.54, 1.807) is 25.3 Å². The summed E-state index contributed by atoms with van der Waals surface area (Å²) >= 11 is 7.34. The Morgan fingerprint density at radius 1 is 1.31 bits per heavy atom. The second kappa shape index (κ2) is 7.85. The quantitative estimate of drug-likeness (QED) is 0.772. The van der Waals surface area contributed by atoms with Gasteiger partial charge in [0.15, 0.2) is 16.7 Å². The van der Waals surface area contributed by atoms with Crippen LogP contribution in [0.4, 0.5) is 5.69 Å². The van der Waals surface area contributed by atoms with Gasteiger partial charge < -0.3 is 9.84 Å². The number of rotatable bonds is 4. The van der Waals surface area contributed by atoms with Crippen LogP contribution < -0.4 is 4.74 Å². The van der Waals surface area contributed by atoms with Crippen molar-refractivity contribution < 1.29 is 14.6 Å². The lowest BCUT2D eigenvalue weighted by Gasteiger charge is -2.08. The highest BCUT2D eigenvalue weighted by molar-refractivity contribution is 8.18. The molecular weight excluding hydrogens is 372 g/mol. The minimum absolute atomic E-state index is 0.107. The average Bonchev–Trinajstić information content (AvgIpc) is 2.88. The number of hydrogen-bond acceptors (Lipinski definition) is 5. The Bertz CT molecular complexity index is 897. The summed E-state index contributed by atoms with van der Waals surface area (Å²) in [6, 6.07) is 12.7. The molecule has 5 nitrogen and oxygen atoms in total. The van der Waals surface area contributed by atoms with Gasteiger partial charge in [0.05, 0.1) is 22.2 Å². The van der Waals surface area contributed by atoms with E-state index in [-0.39, 0.29) is 22.4 Å². The lowest BCUT2D eigenvalue weighted by Crippen LogP contribution is -2.23. The van der Waals surface area contributed by atoms with Crippen molar-refractivity contribution in [2.45, 2.75) is 6.92 Å². The second-order valence-corrected chi connectivity index (χ2v) is 6.90. The van der Waals surface area contributed by atoms with Gasteiger partial charge in [0.1, 0.15) is 0 Å². The maximum Gasteiger partial charge on any atom is 0.266 e. The first kappa shape index (κ1) is 18.4. The number of amides is 1. The van der Waals surface area contributed by atoms with Crippen LogP contribution in [0.15, 0.2) is 52.4 Å². The van der Waals surface area contributed by atoms with Gasteiger partial charge in [-0.15, -0.1) is 0 Å². The molecule has 1 heterocycles. The Morgan fingerprint density at radius 2 is 2.04 bits per heavy atom. The summed E-state index contributed by atoms with van der Waals surface area (Å²) in [7, 11) is 1.69. The smallest absolute Gasteiger partial charge is 0.266 e. The van der Waals surface area contributed by atoms with Gasteiger partial charge in [-0.25, -0.2) is 4.99 Å². The molecule has 7 heteroatoms. The summed E-state index contributed by atoms with van der Waals surface area (Å²) in [6.07, 6.45) is 1.71. The highest BCUT2D eigenvalue weighted by Gasteiger charge is 2.30. The molecule has 1 N–H and O–H groups in total. The maximum absolute atomic E-state index is 12.5. The number of carbonyl (C=O) groups excluding carboxylic acids is 1. The Hall–Kier alpha value is -2.44. The Balaban J connectivity index is 1.92. The summed E-state index contributed by atoms with van der Waals surface area (Å²) in [5, 5.41) is 10.7. The molecule has 1 fully saturated rings. The molecule has 0 atom stereocenters.